The molecule has 1 aromatic rings. The normalized spacial score (nSPS) is 19.3. The quantitative estimate of drug-likeness (QED) is 0.842. The lowest BCUT2D eigenvalue weighted by atomic mass is 10.1. The van der Waals surface area contributed by atoms with Crippen molar-refractivity contribution in [1.29, 1.82) is 0 Å². The van der Waals surface area contributed by atoms with E-state index in [9.17, 15) is 0 Å². The predicted molar refractivity (Wildman–Crippen MR) is 67.6 cm³/mol. The minimum Gasteiger partial charge on any atom is -0.369 e. The van der Waals surface area contributed by atoms with E-state index in [0.717, 1.165) is 12.4 Å². The van der Waals surface area contributed by atoms with Crippen molar-refractivity contribution < 1.29 is 0 Å². The number of pyridine rings is 1. The van der Waals surface area contributed by atoms with Gasteiger partial charge in [-0.25, -0.2) is 4.98 Å². The van der Waals surface area contributed by atoms with Crippen LogP contribution in [-0.2, 0) is 0 Å². The van der Waals surface area contributed by atoms with E-state index in [-0.39, 0.29) is 0 Å². The van der Waals surface area contributed by atoms with Crippen molar-refractivity contribution in [3.05, 3.63) is 24.4 Å². The van der Waals surface area contributed by atoms with Crippen molar-refractivity contribution in [2.75, 3.05) is 25.0 Å². The Labute approximate surface area is 97.9 Å². The molecule has 0 saturated carbocycles. The van der Waals surface area contributed by atoms with Gasteiger partial charge < -0.3 is 5.32 Å². The van der Waals surface area contributed by atoms with Crippen molar-refractivity contribution in [3.8, 4) is 0 Å². The minimum absolute atomic E-state index is 0.599. The van der Waals surface area contributed by atoms with E-state index in [1.165, 1.54) is 32.4 Å². The standard InChI is InChI=1S/C13H21N3/c1-12(16-9-5-2-6-10-16)11-15-13-7-3-4-8-14-13/h3-4,7-8,12H,2,5-6,9-11H2,1H3,(H,14,15). The van der Waals surface area contributed by atoms with Gasteiger partial charge in [-0.1, -0.05) is 12.5 Å². The number of aromatic nitrogens is 1. The zero-order chi connectivity index (χ0) is 11.2. The maximum Gasteiger partial charge on any atom is 0.125 e. The molecule has 3 heteroatoms. The summed E-state index contributed by atoms with van der Waals surface area (Å²) >= 11 is 0. The van der Waals surface area contributed by atoms with Crippen molar-refractivity contribution in [1.82, 2.24) is 9.88 Å². The van der Waals surface area contributed by atoms with E-state index < -0.39 is 0 Å². The first-order valence-electron chi connectivity index (χ1n) is 6.25. The molecule has 1 unspecified atom stereocenters. The van der Waals surface area contributed by atoms with Crippen LogP contribution in [0.3, 0.4) is 0 Å². The molecule has 0 radical (unpaired) electrons. The smallest absolute Gasteiger partial charge is 0.125 e. The van der Waals surface area contributed by atoms with Gasteiger partial charge in [0.2, 0.25) is 0 Å². The second-order valence-corrected chi connectivity index (χ2v) is 4.54. The Hall–Kier alpha value is -1.09. The number of hydrogen-bond acceptors (Lipinski definition) is 3. The molecule has 2 rings (SSSR count). The summed E-state index contributed by atoms with van der Waals surface area (Å²) in [6, 6.07) is 6.57. The van der Waals surface area contributed by atoms with Crippen LogP contribution in [0.15, 0.2) is 24.4 Å². The highest BCUT2D eigenvalue weighted by Crippen LogP contribution is 2.12. The molecule has 2 heterocycles. The summed E-state index contributed by atoms with van der Waals surface area (Å²) < 4.78 is 0. The van der Waals surface area contributed by atoms with Gasteiger partial charge in [-0.15, -0.1) is 0 Å². The topological polar surface area (TPSA) is 28.2 Å². The molecule has 1 N–H and O–H groups in total. The minimum atomic E-state index is 0.599. The van der Waals surface area contributed by atoms with E-state index in [1.54, 1.807) is 0 Å². The van der Waals surface area contributed by atoms with Crippen molar-refractivity contribution in [2.45, 2.75) is 32.2 Å². The Morgan fingerprint density at radius 1 is 1.31 bits per heavy atom. The third-order valence-electron chi connectivity index (χ3n) is 3.26. The zero-order valence-electron chi connectivity index (χ0n) is 10.0. The molecule has 0 amide bonds. The summed E-state index contributed by atoms with van der Waals surface area (Å²) in [6.45, 7) is 5.79. The molecule has 0 spiro atoms. The van der Waals surface area contributed by atoms with Gasteiger partial charge in [0.15, 0.2) is 0 Å². The Kier molecular flexibility index (Phi) is 4.17. The van der Waals surface area contributed by atoms with Crippen LogP contribution in [0.25, 0.3) is 0 Å². The maximum absolute atomic E-state index is 4.27. The summed E-state index contributed by atoms with van der Waals surface area (Å²) in [4.78, 5) is 6.84. The number of likely N-dealkylation sites (tertiary alicyclic amines) is 1. The molecular weight excluding hydrogens is 198 g/mol. The highest BCUT2D eigenvalue weighted by atomic mass is 15.2. The van der Waals surface area contributed by atoms with E-state index >= 15 is 0 Å². The molecule has 16 heavy (non-hydrogen) atoms. The largest absolute Gasteiger partial charge is 0.369 e. The van der Waals surface area contributed by atoms with Crippen LogP contribution in [0, 0.1) is 0 Å². The third-order valence-corrected chi connectivity index (χ3v) is 3.26. The number of nitrogens with zero attached hydrogens (tertiary/aromatic N) is 2. The molecule has 3 nitrogen and oxygen atoms in total. The summed E-state index contributed by atoms with van der Waals surface area (Å²) in [6.07, 6.45) is 5.94. The fourth-order valence-corrected chi connectivity index (χ4v) is 2.21. The number of hydrogen-bond donors (Lipinski definition) is 1. The SMILES string of the molecule is CC(CNc1ccccn1)N1CCCCC1. The summed E-state index contributed by atoms with van der Waals surface area (Å²) in [5.74, 6) is 0.978. The fourth-order valence-electron chi connectivity index (χ4n) is 2.21. The molecule has 0 bridgehead atoms. The van der Waals surface area contributed by atoms with Crippen LogP contribution in [0.2, 0.25) is 0 Å². The Morgan fingerprint density at radius 3 is 2.81 bits per heavy atom. The average molecular weight is 219 g/mol. The monoisotopic (exact) mass is 219 g/mol. The lowest BCUT2D eigenvalue weighted by Gasteiger charge is -2.32. The van der Waals surface area contributed by atoms with Crippen molar-refractivity contribution in [2.24, 2.45) is 0 Å². The number of rotatable bonds is 4. The van der Waals surface area contributed by atoms with Gasteiger partial charge >= 0.3 is 0 Å². The van der Waals surface area contributed by atoms with Gasteiger partial charge in [-0.3, -0.25) is 4.90 Å². The van der Waals surface area contributed by atoms with Gasteiger partial charge in [-0.2, -0.15) is 0 Å². The van der Waals surface area contributed by atoms with Crippen LogP contribution < -0.4 is 5.32 Å². The highest BCUT2D eigenvalue weighted by molar-refractivity contribution is 5.33. The summed E-state index contributed by atoms with van der Waals surface area (Å²) in [5, 5.41) is 3.39. The van der Waals surface area contributed by atoms with Crippen LogP contribution in [-0.4, -0.2) is 35.6 Å². The second-order valence-electron chi connectivity index (χ2n) is 4.54. The number of piperidine rings is 1. The first-order valence-corrected chi connectivity index (χ1v) is 6.25. The molecule has 1 fully saturated rings. The fraction of sp³-hybridized carbons (Fsp3) is 0.615. The van der Waals surface area contributed by atoms with Crippen LogP contribution in [0.4, 0.5) is 5.82 Å². The number of nitrogens with one attached hydrogen (secondary N) is 1. The van der Waals surface area contributed by atoms with Crippen LogP contribution >= 0.6 is 0 Å². The molecule has 1 aliphatic rings. The summed E-state index contributed by atoms with van der Waals surface area (Å²) in [7, 11) is 0. The van der Waals surface area contributed by atoms with Crippen molar-refractivity contribution >= 4 is 5.82 Å². The average Bonchev–Trinajstić information content (AvgIpc) is 2.38. The van der Waals surface area contributed by atoms with Gasteiger partial charge in [-0.05, 0) is 45.0 Å². The highest BCUT2D eigenvalue weighted by Gasteiger charge is 2.15. The second kappa shape index (κ2) is 5.85. The van der Waals surface area contributed by atoms with Gasteiger partial charge in [0, 0.05) is 18.8 Å². The Bertz CT molecular complexity index is 293. The molecule has 0 aromatic carbocycles. The zero-order valence-corrected chi connectivity index (χ0v) is 10.0. The van der Waals surface area contributed by atoms with Gasteiger partial charge in [0.05, 0.1) is 0 Å². The van der Waals surface area contributed by atoms with E-state index in [1.807, 2.05) is 24.4 Å². The first kappa shape index (κ1) is 11.4. The van der Waals surface area contributed by atoms with Crippen LogP contribution in [0.1, 0.15) is 26.2 Å². The van der Waals surface area contributed by atoms with Crippen molar-refractivity contribution in [3.63, 3.8) is 0 Å². The molecule has 1 saturated heterocycles. The molecule has 0 aliphatic carbocycles. The Balaban J connectivity index is 1.76. The van der Waals surface area contributed by atoms with E-state index in [2.05, 4.69) is 22.1 Å². The number of anilines is 1. The Morgan fingerprint density at radius 2 is 2.12 bits per heavy atom. The van der Waals surface area contributed by atoms with E-state index in [0.29, 0.717) is 6.04 Å². The maximum atomic E-state index is 4.27. The molecule has 1 aliphatic heterocycles. The summed E-state index contributed by atoms with van der Waals surface area (Å²) in [5.41, 5.74) is 0. The lowest BCUT2D eigenvalue weighted by molar-refractivity contribution is 0.180. The molecule has 1 aromatic heterocycles. The molecule has 88 valence electrons. The van der Waals surface area contributed by atoms with Gasteiger partial charge in [0.25, 0.3) is 0 Å². The lowest BCUT2D eigenvalue weighted by Crippen LogP contribution is -2.41. The first-order chi connectivity index (χ1) is 7.86. The van der Waals surface area contributed by atoms with E-state index in [4.69, 9.17) is 0 Å². The van der Waals surface area contributed by atoms with Crippen LogP contribution in [0.5, 0.6) is 0 Å². The predicted octanol–water partition coefficient (Wildman–Crippen LogP) is 2.37. The van der Waals surface area contributed by atoms with Gasteiger partial charge in [0.1, 0.15) is 5.82 Å². The molecule has 1 atom stereocenters. The third kappa shape index (κ3) is 3.20. The molecular formula is C13H21N3.